The molecule has 8 nitrogen and oxygen atoms in total. The van der Waals surface area contributed by atoms with Gasteiger partial charge in [0.1, 0.15) is 5.75 Å². The van der Waals surface area contributed by atoms with Crippen molar-refractivity contribution >= 4 is 33.2 Å². The molecule has 0 spiro atoms. The zero-order valence-corrected chi connectivity index (χ0v) is 20.8. The van der Waals surface area contributed by atoms with Crippen LogP contribution in [0.5, 0.6) is 5.75 Å². The number of rotatable bonds is 6. The number of para-hydroxylation sites is 2. The third kappa shape index (κ3) is 4.79. The van der Waals surface area contributed by atoms with E-state index in [-0.39, 0.29) is 23.4 Å². The number of anilines is 2. The molecule has 3 aliphatic rings. The Kier molecular flexibility index (Phi) is 6.31. The van der Waals surface area contributed by atoms with Crippen molar-refractivity contribution < 1.29 is 22.7 Å². The molecule has 1 heterocycles. The van der Waals surface area contributed by atoms with Crippen LogP contribution in [0.15, 0.2) is 53.4 Å². The molecule has 2 bridgehead atoms. The summed E-state index contributed by atoms with van der Waals surface area (Å²) in [4.78, 5) is 26.6. The summed E-state index contributed by atoms with van der Waals surface area (Å²) in [5.41, 5.74) is 1.08. The Balaban J connectivity index is 1.23. The van der Waals surface area contributed by atoms with E-state index in [9.17, 15) is 18.0 Å². The molecule has 2 aliphatic carbocycles. The number of ether oxygens (including phenoxy) is 1. The highest BCUT2D eigenvalue weighted by atomic mass is 32.2. The van der Waals surface area contributed by atoms with Crippen LogP contribution >= 0.6 is 0 Å². The Morgan fingerprint density at radius 3 is 2.46 bits per heavy atom. The lowest BCUT2D eigenvalue weighted by molar-refractivity contribution is -0.123. The average molecular weight is 498 g/mol. The lowest BCUT2D eigenvalue weighted by Gasteiger charge is -2.33. The molecule has 2 saturated carbocycles. The monoisotopic (exact) mass is 497 g/mol. The molecule has 2 amide bonds. The fourth-order valence-electron chi connectivity index (χ4n) is 5.92. The normalized spacial score (nSPS) is 26.1. The largest absolute Gasteiger partial charge is 0.476 e. The van der Waals surface area contributed by atoms with Crippen LogP contribution in [0.25, 0.3) is 0 Å². The molecule has 0 radical (unpaired) electrons. The molecule has 2 fully saturated rings. The summed E-state index contributed by atoms with van der Waals surface area (Å²) >= 11 is 0. The van der Waals surface area contributed by atoms with Gasteiger partial charge in [-0.3, -0.25) is 9.59 Å². The Hall–Kier alpha value is -2.91. The Bertz CT molecular complexity index is 1230. The van der Waals surface area contributed by atoms with Crippen molar-refractivity contribution in [1.82, 2.24) is 4.72 Å². The van der Waals surface area contributed by atoms with Gasteiger partial charge in [0.25, 0.3) is 5.91 Å². The minimum absolute atomic E-state index is 0.0927. The van der Waals surface area contributed by atoms with Gasteiger partial charge in [-0.1, -0.05) is 18.6 Å². The zero-order valence-electron chi connectivity index (χ0n) is 19.9. The number of nitrogens with one attached hydrogen (secondary N) is 2. The second-order valence-corrected chi connectivity index (χ2v) is 11.7. The van der Waals surface area contributed by atoms with Crippen LogP contribution in [0.1, 0.15) is 39.5 Å². The molecule has 5 rings (SSSR count). The maximum Gasteiger partial charge on any atom is 0.267 e. The van der Waals surface area contributed by atoms with Gasteiger partial charge >= 0.3 is 0 Å². The summed E-state index contributed by atoms with van der Waals surface area (Å²) in [7, 11) is -3.66. The minimum atomic E-state index is -3.66. The highest BCUT2D eigenvalue weighted by molar-refractivity contribution is 7.89. The average Bonchev–Trinajstić information content (AvgIpc) is 3.47. The molecule has 2 aromatic carbocycles. The SMILES string of the molecule is CC(=O)N1C[C@H](C(=O)Nc2ccc(S(=O)(=O)N[C@H](C)[C@H]3C[C@H]4CC[C@H]3C4)cc2)Oc2ccccc21. The third-order valence-corrected chi connectivity index (χ3v) is 9.23. The van der Waals surface area contributed by atoms with Crippen LogP contribution in [0.4, 0.5) is 11.4 Å². The first-order valence-electron chi connectivity index (χ1n) is 12.2. The molecule has 0 aromatic heterocycles. The number of benzene rings is 2. The summed E-state index contributed by atoms with van der Waals surface area (Å²) in [6, 6.07) is 13.1. The van der Waals surface area contributed by atoms with E-state index in [0.29, 0.717) is 29.0 Å². The summed E-state index contributed by atoms with van der Waals surface area (Å²) in [6.45, 7) is 3.50. The molecule has 186 valence electrons. The molecule has 0 saturated heterocycles. The summed E-state index contributed by atoms with van der Waals surface area (Å²) in [5.74, 6) is 1.65. The molecule has 5 atom stereocenters. The van der Waals surface area contributed by atoms with Crippen molar-refractivity contribution in [2.75, 3.05) is 16.8 Å². The van der Waals surface area contributed by atoms with Crippen LogP contribution in [0.2, 0.25) is 0 Å². The Labute approximate surface area is 206 Å². The number of sulfonamides is 1. The van der Waals surface area contributed by atoms with Crippen LogP contribution < -0.4 is 19.7 Å². The number of amides is 2. The lowest BCUT2D eigenvalue weighted by Crippen LogP contribution is -2.48. The van der Waals surface area contributed by atoms with Crippen molar-refractivity contribution in [3.8, 4) is 5.75 Å². The van der Waals surface area contributed by atoms with Crippen LogP contribution in [0, 0.1) is 17.8 Å². The van der Waals surface area contributed by atoms with Gasteiger partial charge in [0.05, 0.1) is 17.1 Å². The van der Waals surface area contributed by atoms with Gasteiger partial charge in [-0.15, -0.1) is 0 Å². The predicted octanol–water partition coefficient (Wildman–Crippen LogP) is 3.54. The maximum absolute atomic E-state index is 12.9. The van der Waals surface area contributed by atoms with E-state index in [1.165, 1.54) is 43.2 Å². The van der Waals surface area contributed by atoms with E-state index in [2.05, 4.69) is 10.0 Å². The summed E-state index contributed by atoms with van der Waals surface area (Å²) < 4.78 is 34.6. The fourth-order valence-corrected chi connectivity index (χ4v) is 7.21. The molecule has 9 heteroatoms. The van der Waals surface area contributed by atoms with Crippen LogP contribution in [-0.4, -0.2) is 38.9 Å². The number of hydrogen-bond acceptors (Lipinski definition) is 5. The van der Waals surface area contributed by atoms with Gasteiger partial charge in [-0.2, -0.15) is 0 Å². The molecule has 2 aromatic rings. The first-order valence-corrected chi connectivity index (χ1v) is 13.7. The van der Waals surface area contributed by atoms with E-state index in [1.807, 2.05) is 13.0 Å². The van der Waals surface area contributed by atoms with Gasteiger partial charge in [-0.25, -0.2) is 13.1 Å². The van der Waals surface area contributed by atoms with Crippen LogP contribution in [-0.2, 0) is 19.6 Å². The van der Waals surface area contributed by atoms with Gasteiger partial charge in [0.2, 0.25) is 15.9 Å². The van der Waals surface area contributed by atoms with Gasteiger partial charge in [0, 0.05) is 18.7 Å². The minimum Gasteiger partial charge on any atom is -0.476 e. The van der Waals surface area contributed by atoms with E-state index < -0.39 is 22.0 Å². The summed E-state index contributed by atoms with van der Waals surface area (Å²) in [6.07, 6.45) is 3.93. The number of hydrogen-bond donors (Lipinski definition) is 2. The van der Waals surface area contributed by atoms with E-state index in [0.717, 1.165) is 12.3 Å². The van der Waals surface area contributed by atoms with Gasteiger partial charge < -0.3 is 15.0 Å². The Morgan fingerprint density at radius 2 is 1.80 bits per heavy atom. The standard InChI is InChI=1S/C26H31N3O5S/c1-16(22-14-18-7-8-19(22)13-18)28-35(32,33)21-11-9-20(10-12-21)27-26(31)25-15-29(17(2)30)23-5-3-4-6-24(23)34-25/h3-6,9-12,16,18-19,22,25,28H,7-8,13-15H2,1-2H3,(H,27,31)/t16-,18+,19+,22-,25-/m1/s1. The maximum atomic E-state index is 12.9. The topological polar surface area (TPSA) is 105 Å². The number of carbonyl (C=O) groups is 2. The predicted molar refractivity (Wildman–Crippen MR) is 133 cm³/mol. The molecule has 0 unspecified atom stereocenters. The quantitative estimate of drug-likeness (QED) is 0.635. The molecular weight excluding hydrogens is 466 g/mol. The molecule has 35 heavy (non-hydrogen) atoms. The van der Waals surface area contributed by atoms with Crippen molar-refractivity contribution in [1.29, 1.82) is 0 Å². The number of fused-ring (bicyclic) bond motifs is 3. The summed E-state index contributed by atoms with van der Waals surface area (Å²) in [5, 5.41) is 2.77. The van der Waals surface area contributed by atoms with Gasteiger partial charge in [0.15, 0.2) is 6.10 Å². The lowest BCUT2D eigenvalue weighted by atomic mass is 9.84. The zero-order chi connectivity index (χ0) is 24.7. The van der Waals surface area contributed by atoms with Crippen molar-refractivity contribution in [2.24, 2.45) is 17.8 Å². The first kappa shape index (κ1) is 23.8. The fraction of sp³-hybridized carbons (Fsp3) is 0.462. The van der Waals surface area contributed by atoms with Gasteiger partial charge in [-0.05, 0) is 80.3 Å². The van der Waals surface area contributed by atoms with Crippen LogP contribution in [0.3, 0.4) is 0 Å². The highest BCUT2D eigenvalue weighted by Crippen LogP contribution is 2.49. The second kappa shape index (κ2) is 9.28. The third-order valence-electron chi connectivity index (χ3n) is 7.65. The van der Waals surface area contributed by atoms with Crippen molar-refractivity contribution in [3.05, 3.63) is 48.5 Å². The number of carbonyl (C=O) groups excluding carboxylic acids is 2. The second-order valence-electron chi connectivity index (χ2n) is 9.97. The van der Waals surface area contributed by atoms with Crippen molar-refractivity contribution in [2.45, 2.75) is 56.6 Å². The van der Waals surface area contributed by atoms with E-state index in [4.69, 9.17) is 4.74 Å². The van der Waals surface area contributed by atoms with Crippen molar-refractivity contribution in [3.63, 3.8) is 0 Å². The molecule has 1 aliphatic heterocycles. The van der Waals surface area contributed by atoms with E-state index in [1.54, 1.807) is 30.3 Å². The highest BCUT2D eigenvalue weighted by Gasteiger charge is 2.42. The molecule has 2 N–H and O–H groups in total. The Morgan fingerprint density at radius 1 is 1.06 bits per heavy atom. The number of nitrogens with zero attached hydrogens (tertiary/aromatic N) is 1. The first-order chi connectivity index (χ1) is 16.7. The molecular formula is C26H31N3O5S. The van der Waals surface area contributed by atoms with E-state index >= 15 is 0 Å². The smallest absolute Gasteiger partial charge is 0.267 e.